The summed E-state index contributed by atoms with van der Waals surface area (Å²) in [6.07, 6.45) is 0. The van der Waals surface area contributed by atoms with Gasteiger partial charge in [0, 0.05) is 31.6 Å². The molecule has 28 heavy (non-hydrogen) atoms. The summed E-state index contributed by atoms with van der Waals surface area (Å²) in [5, 5.41) is 0.605. The van der Waals surface area contributed by atoms with E-state index in [1.807, 2.05) is 19.1 Å². The fraction of sp³-hybridized carbons (Fsp3) is 0.474. The molecule has 3 heterocycles. The molecule has 1 aromatic heterocycles. The van der Waals surface area contributed by atoms with Crippen LogP contribution in [0, 0.1) is 18.8 Å². The molecule has 1 aromatic carbocycles. The van der Waals surface area contributed by atoms with Crippen molar-refractivity contribution in [2.75, 3.05) is 44.4 Å². The van der Waals surface area contributed by atoms with Crippen LogP contribution in [0.5, 0.6) is 5.75 Å². The molecule has 9 heteroatoms. The average molecular weight is 447 g/mol. The highest BCUT2D eigenvalue weighted by atomic mass is 35.5. The van der Waals surface area contributed by atoms with Gasteiger partial charge in [0.05, 0.1) is 12.8 Å². The van der Waals surface area contributed by atoms with Crippen LogP contribution in [-0.4, -0.2) is 48.7 Å². The van der Waals surface area contributed by atoms with E-state index in [1.165, 1.54) is 5.56 Å². The number of hydrogen-bond acceptors (Lipinski definition) is 6. The van der Waals surface area contributed by atoms with Crippen molar-refractivity contribution in [1.29, 1.82) is 0 Å². The van der Waals surface area contributed by atoms with E-state index in [4.69, 9.17) is 22.1 Å². The molecule has 0 bridgehead atoms. The number of hydrogen-bond donors (Lipinski definition) is 1. The quantitative estimate of drug-likeness (QED) is 0.777. The van der Waals surface area contributed by atoms with Crippen LogP contribution in [0.3, 0.4) is 0 Å². The van der Waals surface area contributed by atoms with Crippen molar-refractivity contribution in [3.8, 4) is 5.75 Å². The number of fused-ring (bicyclic) bond motifs is 1. The number of anilines is 2. The van der Waals surface area contributed by atoms with E-state index < -0.39 is 0 Å². The van der Waals surface area contributed by atoms with Crippen LogP contribution in [0.15, 0.2) is 24.3 Å². The third kappa shape index (κ3) is 3.96. The fourth-order valence-electron chi connectivity index (χ4n) is 4.51. The summed E-state index contributed by atoms with van der Waals surface area (Å²) in [5.74, 6) is 3.04. The SMILES string of the molecule is COc1ccc([C@@H]2[C@@H]3CN(c4nc(N)nc(C)c4Cl)C[C@@H]3CN2C)cc1.Cl.Cl. The number of ether oxygens (including phenoxy) is 1. The first-order valence-corrected chi connectivity index (χ1v) is 9.24. The molecule has 0 saturated carbocycles. The van der Waals surface area contributed by atoms with Crippen LogP contribution in [0.4, 0.5) is 11.8 Å². The standard InChI is InChI=1S/C19H24ClN5O.2ClH/c1-11-16(20)18(23-19(21)22-11)25-9-13-8-24(2)17(15(13)10-25)12-4-6-14(26-3)7-5-12;;/h4-7,13,15,17H,8-10H2,1-3H3,(H2,21,22,23);2*1H/t13-,15+,17+;;/m0../s1. The van der Waals surface area contributed by atoms with Gasteiger partial charge in [0.1, 0.15) is 10.8 Å². The highest BCUT2D eigenvalue weighted by Gasteiger charge is 2.46. The van der Waals surface area contributed by atoms with E-state index in [-0.39, 0.29) is 30.8 Å². The van der Waals surface area contributed by atoms with Crippen molar-refractivity contribution < 1.29 is 4.74 Å². The monoisotopic (exact) mass is 445 g/mol. The number of nitrogens with zero attached hydrogens (tertiary/aromatic N) is 4. The van der Waals surface area contributed by atoms with Crippen molar-refractivity contribution in [2.45, 2.75) is 13.0 Å². The Bertz CT molecular complexity index is 820. The van der Waals surface area contributed by atoms with Gasteiger partial charge in [-0.2, -0.15) is 4.98 Å². The van der Waals surface area contributed by atoms with Crippen molar-refractivity contribution in [3.63, 3.8) is 0 Å². The Balaban J connectivity index is 0.00000140. The molecule has 4 rings (SSSR count). The first kappa shape index (κ1) is 22.8. The number of rotatable bonds is 3. The van der Waals surface area contributed by atoms with Gasteiger partial charge in [0.25, 0.3) is 0 Å². The summed E-state index contributed by atoms with van der Waals surface area (Å²) in [4.78, 5) is 13.3. The maximum atomic E-state index is 6.47. The molecule has 2 aliphatic rings. The Kier molecular flexibility index (Phi) is 7.26. The lowest BCUT2D eigenvalue weighted by molar-refractivity contribution is 0.279. The van der Waals surface area contributed by atoms with E-state index in [1.54, 1.807) is 7.11 Å². The van der Waals surface area contributed by atoms with Crippen molar-refractivity contribution in [3.05, 3.63) is 40.5 Å². The smallest absolute Gasteiger partial charge is 0.222 e. The molecule has 0 aliphatic carbocycles. The Morgan fingerprint density at radius 3 is 2.43 bits per heavy atom. The number of methoxy groups -OCH3 is 1. The summed E-state index contributed by atoms with van der Waals surface area (Å²) < 4.78 is 5.29. The minimum Gasteiger partial charge on any atom is -0.497 e. The first-order valence-electron chi connectivity index (χ1n) is 8.86. The zero-order chi connectivity index (χ0) is 18.4. The largest absolute Gasteiger partial charge is 0.497 e. The highest BCUT2D eigenvalue weighted by Crippen LogP contribution is 2.46. The Morgan fingerprint density at radius 2 is 1.79 bits per heavy atom. The predicted octanol–water partition coefficient (Wildman–Crippen LogP) is 3.61. The van der Waals surface area contributed by atoms with Gasteiger partial charge in [0.2, 0.25) is 5.95 Å². The molecule has 2 aliphatic heterocycles. The molecule has 2 fully saturated rings. The second-order valence-electron chi connectivity index (χ2n) is 7.29. The molecule has 0 unspecified atom stereocenters. The van der Waals surface area contributed by atoms with Crippen LogP contribution in [0.1, 0.15) is 17.3 Å². The molecule has 0 spiro atoms. The maximum Gasteiger partial charge on any atom is 0.222 e. The number of nitrogen functional groups attached to an aromatic ring is 1. The predicted molar refractivity (Wildman–Crippen MR) is 118 cm³/mol. The molecule has 2 aromatic rings. The average Bonchev–Trinajstić information content (AvgIpc) is 3.14. The summed E-state index contributed by atoms with van der Waals surface area (Å²) in [7, 11) is 3.90. The Morgan fingerprint density at radius 1 is 1.11 bits per heavy atom. The van der Waals surface area contributed by atoms with Gasteiger partial charge in [-0.25, -0.2) is 4.98 Å². The minimum atomic E-state index is 0. The third-order valence-electron chi connectivity index (χ3n) is 5.67. The number of likely N-dealkylation sites (tertiary alicyclic amines) is 1. The number of aryl methyl sites for hydroxylation is 1. The molecule has 3 atom stereocenters. The van der Waals surface area contributed by atoms with Gasteiger partial charge in [-0.1, -0.05) is 23.7 Å². The summed E-state index contributed by atoms with van der Waals surface area (Å²) >= 11 is 6.47. The van der Waals surface area contributed by atoms with E-state index >= 15 is 0 Å². The molecule has 6 nitrogen and oxygen atoms in total. The highest BCUT2D eigenvalue weighted by molar-refractivity contribution is 6.33. The Hall–Kier alpha value is -1.47. The molecular formula is C19H26Cl3N5O. The number of aromatic nitrogens is 2. The summed E-state index contributed by atoms with van der Waals surface area (Å²) in [6.45, 7) is 4.79. The van der Waals surface area contributed by atoms with Gasteiger partial charge in [-0.15, -0.1) is 24.8 Å². The van der Waals surface area contributed by atoms with Crippen molar-refractivity contribution in [1.82, 2.24) is 14.9 Å². The molecule has 154 valence electrons. The third-order valence-corrected chi connectivity index (χ3v) is 6.11. The van der Waals surface area contributed by atoms with E-state index in [0.29, 0.717) is 22.9 Å². The van der Waals surface area contributed by atoms with E-state index in [2.05, 4.69) is 38.9 Å². The second-order valence-corrected chi connectivity index (χ2v) is 7.67. The van der Waals surface area contributed by atoms with Crippen LogP contribution in [-0.2, 0) is 0 Å². The zero-order valence-corrected chi connectivity index (χ0v) is 18.5. The van der Waals surface area contributed by atoms with Crippen LogP contribution >= 0.6 is 36.4 Å². The topological polar surface area (TPSA) is 67.5 Å². The van der Waals surface area contributed by atoms with Gasteiger partial charge in [0.15, 0.2) is 5.82 Å². The maximum absolute atomic E-state index is 6.47. The van der Waals surface area contributed by atoms with Gasteiger partial charge in [-0.05, 0) is 37.6 Å². The zero-order valence-electron chi connectivity index (χ0n) is 16.1. The molecule has 0 amide bonds. The summed E-state index contributed by atoms with van der Waals surface area (Å²) in [6, 6.07) is 8.80. The van der Waals surface area contributed by atoms with E-state index in [9.17, 15) is 0 Å². The Labute approximate surface area is 183 Å². The molecular weight excluding hydrogens is 421 g/mol. The normalized spacial score (nSPS) is 23.7. The van der Waals surface area contributed by atoms with Crippen LogP contribution in [0.25, 0.3) is 0 Å². The number of benzene rings is 1. The lowest BCUT2D eigenvalue weighted by Gasteiger charge is -2.27. The van der Waals surface area contributed by atoms with Gasteiger partial charge in [-0.3, -0.25) is 4.90 Å². The van der Waals surface area contributed by atoms with Gasteiger partial charge < -0.3 is 15.4 Å². The van der Waals surface area contributed by atoms with Gasteiger partial charge >= 0.3 is 0 Å². The van der Waals surface area contributed by atoms with Crippen LogP contribution in [0.2, 0.25) is 5.02 Å². The first-order chi connectivity index (χ1) is 12.5. The summed E-state index contributed by atoms with van der Waals surface area (Å²) in [5.41, 5.74) is 7.91. The number of halogens is 3. The van der Waals surface area contributed by atoms with Crippen molar-refractivity contribution in [2.24, 2.45) is 11.8 Å². The lowest BCUT2D eigenvalue weighted by atomic mass is 9.89. The van der Waals surface area contributed by atoms with Crippen molar-refractivity contribution >= 4 is 48.2 Å². The lowest BCUT2D eigenvalue weighted by Crippen LogP contribution is -2.30. The molecule has 2 saturated heterocycles. The fourth-order valence-corrected chi connectivity index (χ4v) is 4.71. The molecule has 0 radical (unpaired) electrons. The van der Waals surface area contributed by atoms with Crippen LogP contribution < -0.4 is 15.4 Å². The second kappa shape index (κ2) is 8.91. The molecule has 2 N–H and O–H groups in total. The number of nitrogens with two attached hydrogens (primary N) is 1. The minimum absolute atomic E-state index is 0. The van der Waals surface area contributed by atoms with E-state index in [0.717, 1.165) is 36.9 Å².